The molecule has 1 fully saturated rings. The van der Waals surface area contributed by atoms with E-state index in [1.807, 2.05) is 6.08 Å². The van der Waals surface area contributed by atoms with Crippen molar-refractivity contribution in [2.45, 2.75) is 365 Å². The molecule has 1 aliphatic heterocycles. The lowest BCUT2D eigenvalue weighted by Crippen LogP contribution is -2.61. The predicted octanol–water partition coefficient (Wildman–Crippen LogP) is 16.8. The largest absolute Gasteiger partial charge is 0.454 e. The molecule has 0 bridgehead atoms. The maximum absolute atomic E-state index is 13.4. The van der Waals surface area contributed by atoms with E-state index in [1.165, 1.54) is 193 Å². The summed E-state index contributed by atoms with van der Waals surface area (Å²) in [5, 5.41) is 57.1. The Balaban J connectivity index is 2.60. The van der Waals surface area contributed by atoms with Crippen molar-refractivity contribution < 1.29 is 49.3 Å². The second-order valence-electron chi connectivity index (χ2n) is 23.6. The van der Waals surface area contributed by atoms with Gasteiger partial charge in [-0.05, 0) is 64.2 Å². The zero-order chi connectivity index (χ0) is 58.2. The van der Waals surface area contributed by atoms with Crippen LogP contribution < -0.4 is 5.32 Å². The molecule has 1 aliphatic rings. The predicted molar refractivity (Wildman–Crippen MR) is 334 cm³/mol. The zero-order valence-electron chi connectivity index (χ0n) is 52.0. The van der Waals surface area contributed by atoms with Gasteiger partial charge in [0, 0.05) is 6.42 Å². The molecule has 1 amide bonds. The van der Waals surface area contributed by atoms with Gasteiger partial charge in [-0.15, -0.1) is 0 Å². The number of hydrogen-bond acceptors (Lipinski definition) is 10. The Morgan fingerprint density at radius 1 is 0.487 bits per heavy atom. The number of aliphatic hydroxyl groups excluding tert-OH is 5. The number of nitrogens with one attached hydrogen (secondary N) is 1. The van der Waals surface area contributed by atoms with Crippen molar-refractivity contribution in [3.63, 3.8) is 0 Å². The molecule has 1 saturated heterocycles. The second kappa shape index (κ2) is 57.1. The molecule has 1 heterocycles. The number of allylic oxidation sites excluding steroid dienone is 7. The zero-order valence-corrected chi connectivity index (χ0v) is 52.0. The van der Waals surface area contributed by atoms with Crippen molar-refractivity contribution in [2.24, 2.45) is 0 Å². The molecule has 8 atom stereocenters. The first-order valence-corrected chi connectivity index (χ1v) is 33.9. The molecule has 0 radical (unpaired) electrons. The van der Waals surface area contributed by atoms with Crippen LogP contribution in [0.2, 0.25) is 0 Å². The Kier molecular flexibility index (Phi) is 54.0. The molecule has 468 valence electrons. The van der Waals surface area contributed by atoms with Crippen LogP contribution in [0, 0.1) is 0 Å². The number of rotatable bonds is 58. The third-order valence-electron chi connectivity index (χ3n) is 16.0. The molecule has 8 unspecified atom stereocenters. The molecule has 0 saturated carbocycles. The van der Waals surface area contributed by atoms with Crippen LogP contribution in [0.3, 0.4) is 0 Å². The number of amides is 1. The summed E-state index contributed by atoms with van der Waals surface area (Å²) in [5.74, 6) is -1.21. The first kappa shape index (κ1) is 75.6. The van der Waals surface area contributed by atoms with Crippen molar-refractivity contribution >= 4 is 11.9 Å². The first-order chi connectivity index (χ1) is 39.2. The highest BCUT2D eigenvalue weighted by atomic mass is 16.7. The van der Waals surface area contributed by atoms with Gasteiger partial charge >= 0.3 is 5.97 Å². The highest BCUT2D eigenvalue weighted by molar-refractivity contribution is 5.80. The van der Waals surface area contributed by atoms with E-state index in [4.69, 9.17) is 14.2 Å². The molecule has 0 spiro atoms. The maximum atomic E-state index is 13.4. The summed E-state index contributed by atoms with van der Waals surface area (Å²) >= 11 is 0. The van der Waals surface area contributed by atoms with Gasteiger partial charge in [0.05, 0.1) is 25.4 Å². The first-order valence-electron chi connectivity index (χ1n) is 33.9. The molecule has 11 nitrogen and oxygen atoms in total. The number of ether oxygens (including phenoxy) is 3. The van der Waals surface area contributed by atoms with E-state index >= 15 is 0 Å². The van der Waals surface area contributed by atoms with E-state index in [2.05, 4.69) is 62.5 Å². The average molecular weight is 1130 g/mol. The second-order valence-corrected chi connectivity index (χ2v) is 23.6. The molecule has 11 heteroatoms. The Morgan fingerprint density at radius 2 is 0.863 bits per heavy atom. The fraction of sp³-hybridized carbons (Fsp3) is 0.855. The normalized spacial score (nSPS) is 19.0. The molecule has 0 aliphatic carbocycles. The van der Waals surface area contributed by atoms with Gasteiger partial charge in [0.2, 0.25) is 5.91 Å². The van der Waals surface area contributed by atoms with Crippen LogP contribution >= 0.6 is 0 Å². The molecule has 0 aromatic heterocycles. The van der Waals surface area contributed by atoms with Crippen molar-refractivity contribution in [2.75, 3.05) is 13.2 Å². The average Bonchev–Trinajstić information content (AvgIpc) is 3.46. The summed E-state index contributed by atoms with van der Waals surface area (Å²) in [7, 11) is 0. The Bertz CT molecular complexity index is 1490. The topological polar surface area (TPSA) is 175 Å². The number of carbonyl (C=O) groups is 2. The fourth-order valence-corrected chi connectivity index (χ4v) is 10.6. The Hall–Kier alpha value is -2.38. The Morgan fingerprint density at radius 3 is 1.31 bits per heavy atom. The van der Waals surface area contributed by atoms with Crippen LogP contribution in [0.4, 0.5) is 0 Å². The van der Waals surface area contributed by atoms with Gasteiger partial charge < -0.3 is 45.1 Å². The summed E-state index contributed by atoms with van der Waals surface area (Å²) in [6, 6.07) is -1.03. The van der Waals surface area contributed by atoms with Gasteiger partial charge in [0.1, 0.15) is 24.4 Å². The maximum Gasteiger partial charge on any atom is 0.306 e. The molecular weight excluding hydrogens is 1000 g/mol. The van der Waals surface area contributed by atoms with Crippen LogP contribution in [0.25, 0.3) is 0 Å². The number of aliphatic hydroxyl groups is 5. The minimum absolute atomic E-state index is 0.125. The van der Waals surface area contributed by atoms with E-state index in [1.54, 1.807) is 6.08 Å². The quantitative estimate of drug-likeness (QED) is 0.0195. The lowest BCUT2D eigenvalue weighted by atomic mass is 9.99. The molecule has 80 heavy (non-hydrogen) atoms. The van der Waals surface area contributed by atoms with Crippen molar-refractivity contribution in [1.29, 1.82) is 0 Å². The Labute approximate surface area is 491 Å². The van der Waals surface area contributed by atoms with Crippen LogP contribution in [0.1, 0.15) is 316 Å². The highest BCUT2D eigenvalue weighted by Crippen LogP contribution is 2.26. The van der Waals surface area contributed by atoms with E-state index in [9.17, 15) is 35.1 Å². The summed E-state index contributed by atoms with van der Waals surface area (Å²) in [5.41, 5.74) is 0. The number of carbonyl (C=O) groups excluding carboxylic acids is 2. The van der Waals surface area contributed by atoms with Gasteiger partial charge in [-0.2, -0.15) is 0 Å². The van der Waals surface area contributed by atoms with Gasteiger partial charge in [-0.1, -0.05) is 294 Å². The molecule has 0 aromatic carbocycles. The number of esters is 1. The number of unbranched alkanes of at least 4 members (excludes halogenated alkanes) is 38. The highest BCUT2D eigenvalue weighted by Gasteiger charge is 2.47. The van der Waals surface area contributed by atoms with E-state index in [0.717, 1.165) is 77.0 Å². The lowest BCUT2D eigenvalue weighted by Gasteiger charge is -2.41. The van der Waals surface area contributed by atoms with Gasteiger partial charge in [0.25, 0.3) is 0 Å². The van der Waals surface area contributed by atoms with Crippen LogP contribution in [0.5, 0.6) is 0 Å². The van der Waals surface area contributed by atoms with Crippen molar-refractivity contribution in [1.82, 2.24) is 5.32 Å². The summed E-state index contributed by atoms with van der Waals surface area (Å²) in [6.07, 6.45) is 60.1. The van der Waals surface area contributed by atoms with Crippen LogP contribution in [-0.2, 0) is 23.8 Å². The molecule has 1 rings (SSSR count). The van der Waals surface area contributed by atoms with E-state index < -0.39 is 67.4 Å². The van der Waals surface area contributed by atoms with Gasteiger partial charge in [-0.25, -0.2) is 0 Å². The molecule has 0 aromatic rings. The summed E-state index contributed by atoms with van der Waals surface area (Å²) < 4.78 is 17.7. The smallest absolute Gasteiger partial charge is 0.306 e. The monoisotopic (exact) mass is 1130 g/mol. The SMILES string of the molecule is CCCCC/C=C\C/C=C\C/C=C\CCCCCC(O)C(=O)NC(COC1OC(CO)C(O)C(O)C1OC(=O)CCCCCCCCCCCCCCCCCCCCCCCCC)C(O)/C=C/CCCCCCCCCCCC. The van der Waals surface area contributed by atoms with Crippen LogP contribution in [-0.4, -0.2) is 99.6 Å². The van der Waals surface area contributed by atoms with E-state index in [-0.39, 0.29) is 19.4 Å². The number of hydrogen-bond donors (Lipinski definition) is 6. The molecule has 6 N–H and O–H groups in total. The van der Waals surface area contributed by atoms with Gasteiger partial charge in [0.15, 0.2) is 12.4 Å². The minimum atomic E-state index is -1.62. The standard InChI is InChI=1S/C69H127NO10/c1-4-7-10-13-16-19-22-25-27-29-30-31-32-33-34-35-37-39-42-45-48-51-54-57-64(74)80-67-66(76)65(75)63(58-71)79-69(67)78-59-60(61(72)55-52-49-46-43-40-24-21-18-15-12-9-6-3)70-68(77)62(73)56-53-50-47-44-41-38-36-28-26-23-20-17-14-11-8-5-2/h17,20,26,28,38,41,52,55,60-63,65-67,69,71-73,75-76H,4-16,18-19,21-25,27,29-37,39-40,42-51,53-54,56-59H2,1-3H3,(H,70,77)/b20-17-,28-26-,41-38-,55-52+. The lowest BCUT2D eigenvalue weighted by molar-refractivity contribution is -0.305. The van der Waals surface area contributed by atoms with Crippen molar-refractivity contribution in [3.05, 3.63) is 48.6 Å². The third-order valence-corrected chi connectivity index (χ3v) is 16.0. The molecular formula is C69H127NO10. The van der Waals surface area contributed by atoms with Crippen molar-refractivity contribution in [3.8, 4) is 0 Å². The van der Waals surface area contributed by atoms with E-state index in [0.29, 0.717) is 12.8 Å². The van der Waals surface area contributed by atoms with Crippen LogP contribution in [0.15, 0.2) is 48.6 Å². The third kappa shape index (κ3) is 44.2. The fourth-order valence-electron chi connectivity index (χ4n) is 10.6. The minimum Gasteiger partial charge on any atom is -0.454 e. The summed E-state index contributed by atoms with van der Waals surface area (Å²) in [6.45, 7) is 5.78. The summed E-state index contributed by atoms with van der Waals surface area (Å²) in [4.78, 5) is 26.6. The van der Waals surface area contributed by atoms with Gasteiger partial charge in [-0.3, -0.25) is 9.59 Å².